The van der Waals surface area contributed by atoms with Gasteiger partial charge in [0.1, 0.15) is 5.75 Å². The number of Topliss-reactive ketones (excluding diaryl/α,β-unsaturated/α-hetero) is 1. The fraction of sp³-hybridized carbons (Fsp3) is 0.188. The lowest BCUT2D eigenvalue weighted by atomic mass is 10.1. The summed E-state index contributed by atoms with van der Waals surface area (Å²) >= 11 is 6.04. The molecule has 0 spiro atoms. The molecule has 0 atom stereocenters. The largest absolute Gasteiger partial charge is 0.485 e. The number of carbonyl (C=O) groups excluding carboxylic acids is 1. The molecule has 0 unspecified atom stereocenters. The van der Waals surface area contributed by atoms with E-state index in [1.54, 1.807) is 12.1 Å². The van der Waals surface area contributed by atoms with E-state index < -0.39 is 17.4 Å². The number of hydrogen-bond acceptors (Lipinski definition) is 2. The molecule has 0 aliphatic rings. The number of benzene rings is 2. The highest BCUT2D eigenvalue weighted by molar-refractivity contribution is 6.32. The van der Waals surface area contributed by atoms with E-state index in [0.29, 0.717) is 10.8 Å². The highest BCUT2D eigenvalue weighted by Gasteiger charge is 2.11. The Morgan fingerprint density at radius 3 is 2.29 bits per heavy atom. The third-order valence-corrected chi connectivity index (χ3v) is 3.62. The van der Waals surface area contributed by atoms with Gasteiger partial charge in [-0.2, -0.15) is 0 Å². The molecule has 0 saturated carbocycles. The standard InChI is InChI=1S/C16H13ClF2O2/c1-9-5-12(6-10(2)16(9)17)21-8-15(20)11-3-4-13(18)14(19)7-11/h3-7H,8H2,1-2H3. The lowest BCUT2D eigenvalue weighted by Crippen LogP contribution is -2.12. The van der Waals surface area contributed by atoms with Gasteiger partial charge in [-0.05, 0) is 55.3 Å². The Hall–Kier alpha value is -1.94. The fourth-order valence-corrected chi connectivity index (χ4v) is 2.00. The molecule has 2 nitrogen and oxygen atoms in total. The number of ether oxygens (including phenoxy) is 1. The number of halogens is 3. The van der Waals surface area contributed by atoms with Crippen LogP contribution in [0.25, 0.3) is 0 Å². The molecule has 0 fully saturated rings. The van der Waals surface area contributed by atoms with Crippen LogP contribution in [0.3, 0.4) is 0 Å². The number of rotatable bonds is 4. The maximum Gasteiger partial charge on any atom is 0.200 e. The van der Waals surface area contributed by atoms with Crippen LogP contribution in [-0.2, 0) is 0 Å². The topological polar surface area (TPSA) is 26.3 Å². The van der Waals surface area contributed by atoms with Gasteiger partial charge < -0.3 is 4.74 Å². The first kappa shape index (κ1) is 15.4. The molecule has 2 aromatic rings. The van der Waals surface area contributed by atoms with Crippen molar-refractivity contribution >= 4 is 17.4 Å². The van der Waals surface area contributed by atoms with Gasteiger partial charge in [0.05, 0.1) is 0 Å². The second kappa shape index (κ2) is 6.22. The van der Waals surface area contributed by atoms with Gasteiger partial charge in [0.15, 0.2) is 24.0 Å². The van der Waals surface area contributed by atoms with Crippen LogP contribution in [0.5, 0.6) is 5.75 Å². The van der Waals surface area contributed by atoms with Gasteiger partial charge in [0, 0.05) is 10.6 Å². The average molecular weight is 311 g/mol. The molecule has 0 amide bonds. The molecule has 2 aromatic carbocycles. The average Bonchev–Trinajstić information content (AvgIpc) is 2.44. The molecule has 0 bridgehead atoms. The first-order valence-corrected chi connectivity index (χ1v) is 6.64. The van der Waals surface area contributed by atoms with Crippen molar-refractivity contribution in [1.29, 1.82) is 0 Å². The third kappa shape index (κ3) is 3.58. The van der Waals surface area contributed by atoms with E-state index >= 15 is 0 Å². The SMILES string of the molecule is Cc1cc(OCC(=O)c2ccc(F)c(F)c2)cc(C)c1Cl. The van der Waals surface area contributed by atoms with Crippen LogP contribution < -0.4 is 4.74 Å². The van der Waals surface area contributed by atoms with Gasteiger partial charge in [-0.1, -0.05) is 11.6 Å². The van der Waals surface area contributed by atoms with Gasteiger partial charge in [-0.3, -0.25) is 4.79 Å². The summed E-state index contributed by atoms with van der Waals surface area (Å²) in [5.41, 5.74) is 1.75. The van der Waals surface area contributed by atoms with Gasteiger partial charge in [-0.15, -0.1) is 0 Å². The number of aryl methyl sites for hydroxylation is 2. The van der Waals surface area contributed by atoms with Crippen molar-refractivity contribution in [3.8, 4) is 5.75 Å². The fourth-order valence-electron chi connectivity index (χ4n) is 1.89. The Balaban J connectivity index is 2.09. The van der Waals surface area contributed by atoms with E-state index in [4.69, 9.17) is 16.3 Å². The van der Waals surface area contributed by atoms with Crippen molar-refractivity contribution in [3.05, 3.63) is 63.7 Å². The minimum Gasteiger partial charge on any atom is -0.485 e. The van der Waals surface area contributed by atoms with Crippen molar-refractivity contribution in [2.24, 2.45) is 0 Å². The number of carbonyl (C=O) groups is 1. The van der Waals surface area contributed by atoms with E-state index in [1.807, 2.05) is 13.8 Å². The molecule has 2 rings (SSSR count). The molecule has 0 aromatic heterocycles. The van der Waals surface area contributed by atoms with Gasteiger partial charge in [0.2, 0.25) is 0 Å². The molecular weight excluding hydrogens is 298 g/mol. The summed E-state index contributed by atoms with van der Waals surface area (Å²) in [6, 6.07) is 6.43. The Bertz CT molecular complexity index is 676. The van der Waals surface area contributed by atoms with E-state index in [9.17, 15) is 13.6 Å². The monoisotopic (exact) mass is 310 g/mol. The summed E-state index contributed by atoms with van der Waals surface area (Å²) in [6.07, 6.45) is 0. The Morgan fingerprint density at radius 1 is 1.10 bits per heavy atom. The van der Waals surface area contributed by atoms with Crippen LogP contribution in [0.2, 0.25) is 5.02 Å². The van der Waals surface area contributed by atoms with E-state index in [0.717, 1.165) is 23.3 Å². The van der Waals surface area contributed by atoms with Gasteiger partial charge >= 0.3 is 0 Å². The molecule has 0 aliphatic heterocycles. The van der Waals surface area contributed by atoms with Gasteiger partial charge in [-0.25, -0.2) is 8.78 Å². The predicted molar refractivity (Wildman–Crippen MR) is 77.1 cm³/mol. The molecule has 110 valence electrons. The van der Waals surface area contributed by atoms with Crippen LogP contribution >= 0.6 is 11.6 Å². The maximum absolute atomic E-state index is 13.1. The van der Waals surface area contributed by atoms with E-state index in [1.165, 1.54) is 6.07 Å². The van der Waals surface area contributed by atoms with Crippen molar-refractivity contribution in [1.82, 2.24) is 0 Å². The van der Waals surface area contributed by atoms with Crippen LogP contribution in [0.1, 0.15) is 21.5 Å². The zero-order valence-corrected chi connectivity index (χ0v) is 12.3. The Kier molecular flexibility index (Phi) is 4.58. The normalized spacial score (nSPS) is 10.5. The maximum atomic E-state index is 13.1. The third-order valence-electron chi connectivity index (χ3n) is 3.02. The lowest BCUT2D eigenvalue weighted by Gasteiger charge is -2.09. The molecule has 5 heteroatoms. The van der Waals surface area contributed by atoms with Crippen LogP contribution in [0, 0.1) is 25.5 Å². The zero-order valence-electron chi connectivity index (χ0n) is 11.5. The van der Waals surface area contributed by atoms with E-state index in [-0.39, 0.29) is 12.2 Å². The second-order valence-electron chi connectivity index (χ2n) is 4.71. The highest BCUT2D eigenvalue weighted by Crippen LogP contribution is 2.26. The summed E-state index contributed by atoms with van der Waals surface area (Å²) in [7, 11) is 0. The van der Waals surface area contributed by atoms with Crippen LogP contribution in [-0.4, -0.2) is 12.4 Å². The quantitative estimate of drug-likeness (QED) is 0.777. The lowest BCUT2D eigenvalue weighted by molar-refractivity contribution is 0.0921. The van der Waals surface area contributed by atoms with E-state index in [2.05, 4.69) is 0 Å². The Labute approximate surface area is 126 Å². The zero-order chi connectivity index (χ0) is 15.6. The molecule has 0 N–H and O–H groups in total. The highest BCUT2D eigenvalue weighted by atomic mass is 35.5. The summed E-state index contributed by atoms with van der Waals surface area (Å²) < 4.78 is 31.3. The predicted octanol–water partition coefficient (Wildman–Crippen LogP) is 4.50. The first-order chi connectivity index (χ1) is 9.88. The van der Waals surface area contributed by atoms with Crippen molar-refractivity contribution < 1.29 is 18.3 Å². The summed E-state index contributed by atoms with van der Waals surface area (Å²) in [5.74, 6) is -1.97. The second-order valence-corrected chi connectivity index (χ2v) is 5.09. The molecule has 0 radical (unpaired) electrons. The minimum absolute atomic E-state index is 0.0660. The summed E-state index contributed by atoms with van der Waals surface area (Å²) in [6.45, 7) is 3.41. The summed E-state index contributed by atoms with van der Waals surface area (Å²) in [4.78, 5) is 11.9. The number of ketones is 1. The van der Waals surface area contributed by atoms with Crippen molar-refractivity contribution in [2.45, 2.75) is 13.8 Å². The smallest absolute Gasteiger partial charge is 0.200 e. The van der Waals surface area contributed by atoms with Crippen molar-refractivity contribution in [3.63, 3.8) is 0 Å². The molecule has 0 heterocycles. The molecule has 21 heavy (non-hydrogen) atoms. The van der Waals surface area contributed by atoms with Gasteiger partial charge in [0.25, 0.3) is 0 Å². The molecule has 0 saturated heterocycles. The van der Waals surface area contributed by atoms with Crippen LogP contribution in [0.15, 0.2) is 30.3 Å². The molecule has 0 aliphatic carbocycles. The minimum atomic E-state index is -1.06. The van der Waals surface area contributed by atoms with Crippen molar-refractivity contribution in [2.75, 3.05) is 6.61 Å². The molecular formula is C16H13ClF2O2. The first-order valence-electron chi connectivity index (χ1n) is 6.26. The Morgan fingerprint density at radius 2 is 1.71 bits per heavy atom. The van der Waals surface area contributed by atoms with Crippen LogP contribution in [0.4, 0.5) is 8.78 Å². The summed E-state index contributed by atoms with van der Waals surface area (Å²) in [5, 5.41) is 0.647. The number of hydrogen-bond donors (Lipinski definition) is 0.